The Labute approximate surface area is 97.2 Å². The average Bonchev–Trinajstić information content (AvgIpc) is 2.13. The molecule has 0 aromatic heterocycles. The molecule has 0 heterocycles. The summed E-state index contributed by atoms with van der Waals surface area (Å²) >= 11 is 0. The monoisotopic (exact) mass is 223 g/mol. The average molecular weight is 223 g/mol. The van der Waals surface area contributed by atoms with E-state index in [4.69, 9.17) is 10.5 Å². The zero-order valence-electron chi connectivity index (χ0n) is 10.4. The van der Waals surface area contributed by atoms with Crippen molar-refractivity contribution >= 4 is 0 Å². The van der Waals surface area contributed by atoms with E-state index in [1.807, 2.05) is 32.0 Å². The van der Waals surface area contributed by atoms with Crippen LogP contribution in [-0.4, -0.2) is 17.3 Å². The van der Waals surface area contributed by atoms with Gasteiger partial charge in [-0.15, -0.1) is 0 Å². The van der Waals surface area contributed by atoms with Crippen molar-refractivity contribution in [2.45, 2.75) is 39.3 Å². The van der Waals surface area contributed by atoms with Crippen LogP contribution in [0.5, 0.6) is 5.75 Å². The van der Waals surface area contributed by atoms with Gasteiger partial charge in [0.05, 0.1) is 5.60 Å². The number of benzene rings is 1. The Hall–Kier alpha value is -1.06. The topological polar surface area (TPSA) is 55.5 Å². The van der Waals surface area contributed by atoms with Crippen LogP contribution in [0.4, 0.5) is 0 Å². The minimum Gasteiger partial charge on any atom is -0.490 e. The molecule has 0 saturated heterocycles. The van der Waals surface area contributed by atoms with E-state index in [9.17, 15) is 5.11 Å². The Morgan fingerprint density at radius 1 is 1.44 bits per heavy atom. The second-order valence-corrected chi connectivity index (χ2v) is 4.93. The van der Waals surface area contributed by atoms with E-state index < -0.39 is 5.60 Å². The van der Waals surface area contributed by atoms with Crippen molar-refractivity contribution in [3.05, 3.63) is 29.3 Å². The van der Waals surface area contributed by atoms with Crippen LogP contribution < -0.4 is 10.5 Å². The first kappa shape index (κ1) is 13.0. The third-order valence-corrected chi connectivity index (χ3v) is 2.24. The van der Waals surface area contributed by atoms with Crippen molar-refractivity contribution in [3.63, 3.8) is 0 Å². The van der Waals surface area contributed by atoms with E-state index in [1.54, 1.807) is 13.8 Å². The normalized spacial score (nSPS) is 13.6. The fraction of sp³-hybridized carbons (Fsp3) is 0.538. The highest BCUT2D eigenvalue weighted by atomic mass is 16.5. The molecule has 0 aliphatic rings. The predicted octanol–water partition coefficient (Wildman–Crippen LogP) is 2.16. The SMILES string of the molecule is Cc1ccc([C@@H](C)N)c(OCC(C)(C)O)c1. The van der Waals surface area contributed by atoms with Gasteiger partial charge in [-0.2, -0.15) is 0 Å². The second-order valence-electron chi connectivity index (χ2n) is 4.93. The molecule has 1 atom stereocenters. The van der Waals surface area contributed by atoms with E-state index in [0.29, 0.717) is 0 Å². The number of nitrogens with two attached hydrogens (primary N) is 1. The predicted molar refractivity (Wildman–Crippen MR) is 65.6 cm³/mol. The van der Waals surface area contributed by atoms with Crippen molar-refractivity contribution in [2.24, 2.45) is 5.73 Å². The highest BCUT2D eigenvalue weighted by Crippen LogP contribution is 2.25. The van der Waals surface area contributed by atoms with Crippen molar-refractivity contribution in [3.8, 4) is 5.75 Å². The van der Waals surface area contributed by atoms with Crippen LogP contribution in [0.25, 0.3) is 0 Å². The van der Waals surface area contributed by atoms with Gasteiger partial charge in [-0.05, 0) is 39.3 Å². The maximum Gasteiger partial charge on any atom is 0.124 e. The number of rotatable bonds is 4. The smallest absolute Gasteiger partial charge is 0.124 e. The van der Waals surface area contributed by atoms with Gasteiger partial charge in [-0.1, -0.05) is 12.1 Å². The lowest BCUT2D eigenvalue weighted by Gasteiger charge is -2.20. The molecule has 16 heavy (non-hydrogen) atoms. The molecular weight excluding hydrogens is 202 g/mol. The number of aryl methyl sites for hydroxylation is 1. The van der Waals surface area contributed by atoms with E-state index >= 15 is 0 Å². The second kappa shape index (κ2) is 4.85. The van der Waals surface area contributed by atoms with Crippen LogP contribution in [0.15, 0.2) is 18.2 Å². The Morgan fingerprint density at radius 3 is 2.56 bits per heavy atom. The van der Waals surface area contributed by atoms with Crippen molar-refractivity contribution in [1.82, 2.24) is 0 Å². The van der Waals surface area contributed by atoms with Crippen molar-refractivity contribution < 1.29 is 9.84 Å². The molecule has 0 amide bonds. The minimum absolute atomic E-state index is 0.0718. The van der Waals surface area contributed by atoms with Crippen LogP contribution in [0.1, 0.15) is 37.9 Å². The van der Waals surface area contributed by atoms with E-state index in [-0.39, 0.29) is 12.6 Å². The number of ether oxygens (including phenoxy) is 1. The lowest BCUT2D eigenvalue weighted by Crippen LogP contribution is -2.28. The Balaban J connectivity index is 2.88. The van der Waals surface area contributed by atoms with Gasteiger partial charge in [0, 0.05) is 11.6 Å². The Morgan fingerprint density at radius 2 is 2.06 bits per heavy atom. The summed E-state index contributed by atoms with van der Waals surface area (Å²) in [6.07, 6.45) is 0. The van der Waals surface area contributed by atoms with Crippen LogP contribution in [0.3, 0.4) is 0 Å². The number of hydrogen-bond acceptors (Lipinski definition) is 3. The molecule has 0 spiro atoms. The van der Waals surface area contributed by atoms with Gasteiger partial charge >= 0.3 is 0 Å². The van der Waals surface area contributed by atoms with E-state index in [1.165, 1.54) is 0 Å². The van der Waals surface area contributed by atoms with E-state index in [2.05, 4.69) is 0 Å². The molecule has 1 aromatic rings. The van der Waals surface area contributed by atoms with Crippen LogP contribution in [0, 0.1) is 6.92 Å². The molecular formula is C13H21NO2. The fourth-order valence-corrected chi connectivity index (χ4v) is 1.40. The van der Waals surface area contributed by atoms with Gasteiger partial charge in [0.15, 0.2) is 0 Å². The Kier molecular flexibility index (Phi) is 3.94. The van der Waals surface area contributed by atoms with Crippen LogP contribution in [0.2, 0.25) is 0 Å². The van der Waals surface area contributed by atoms with Crippen LogP contribution >= 0.6 is 0 Å². The van der Waals surface area contributed by atoms with E-state index in [0.717, 1.165) is 16.9 Å². The van der Waals surface area contributed by atoms with Gasteiger partial charge in [-0.25, -0.2) is 0 Å². The number of aliphatic hydroxyl groups is 1. The molecule has 0 aliphatic carbocycles. The third-order valence-electron chi connectivity index (χ3n) is 2.24. The summed E-state index contributed by atoms with van der Waals surface area (Å²) in [5, 5.41) is 9.62. The Bertz CT molecular complexity index is 353. The van der Waals surface area contributed by atoms with Gasteiger partial charge in [0.1, 0.15) is 12.4 Å². The van der Waals surface area contributed by atoms with Gasteiger partial charge in [0.2, 0.25) is 0 Å². The summed E-state index contributed by atoms with van der Waals surface area (Å²) in [5.74, 6) is 0.761. The van der Waals surface area contributed by atoms with Gasteiger partial charge < -0.3 is 15.6 Å². The summed E-state index contributed by atoms with van der Waals surface area (Å²) in [6, 6.07) is 5.86. The lowest BCUT2D eigenvalue weighted by atomic mass is 10.1. The van der Waals surface area contributed by atoms with Crippen LogP contribution in [-0.2, 0) is 0 Å². The summed E-state index contributed by atoms with van der Waals surface area (Å²) in [4.78, 5) is 0. The summed E-state index contributed by atoms with van der Waals surface area (Å²) in [6.45, 7) is 7.61. The first-order valence-corrected chi connectivity index (χ1v) is 5.51. The third kappa shape index (κ3) is 3.83. The zero-order valence-corrected chi connectivity index (χ0v) is 10.4. The molecule has 0 saturated carbocycles. The molecule has 0 radical (unpaired) electrons. The molecule has 0 fully saturated rings. The molecule has 0 bridgehead atoms. The van der Waals surface area contributed by atoms with Gasteiger partial charge in [-0.3, -0.25) is 0 Å². The molecule has 90 valence electrons. The number of hydrogen-bond donors (Lipinski definition) is 2. The van der Waals surface area contributed by atoms with Gasteiger partial charge in [0.25, 0.3) is 0 Å². The molecule has 0 aliphatic heterocycles. The standard InChI is InChI=1S/C13H21NO2/c1-9-5-6-11(10(2)14)12(7-9)16-8-13(3,4)15/h5-7,10,15H,8,14H2,1-4H3/t10-/m1/s1. The largest absolute Gasteiger partial charge is 0.490 e. The molecule has 1 aromatic carbocycles. The molecule has 3 nitrogen and oxygen atoms in total. The fourth-order valence-electron chi connectivity index (χ4n) is 1.40. The zero-order chi connectivity index (χ0) is 12.3. The lowest BCUT2D eigenvalue weighted by molar-refractivity contribution is 0.0280. The molecule has 1 rings (SSSR count). The quantitative estimate of drug-likeness (QED) is 0.822. The maximum atomic E-state index is 9.62. The highest BCUT2D eigenvalue weighted by Gasteiger charge is 2.15. The first-order chi connectivity index (χ1) is 7.29. The summed E-state index contributed by atoms with van der Waals surface area (Å²) in [7, 11) is 0. The molecule has 3 heteroatoms. The summed E-state index contributed by atoms with van der Waals surface area (Å²) < 4.78 is 5.61. The van der Waals surface area contributed by atoms with Crippen molar-refractivity contribution in [2.75, 3.05) is 6.61 Å². The van der Waals surface area contributed by atoms with Crippen molar-refractivity contribution in [1.29, 1.82) is 0 Å². The minimum atomic E-state index is -0.834. The molecule has 3 N–H and O–H groups in total. The first-order valence-electron chi connectivity index (χ1n) is 5.51. The summed E-state index contributed by atoms with van der Waals surface area (Å²) in [5.41, 5.74) is 7.11. The maximum absolute atomic E-state index is 9.62. The highest BCUT2D eigenvalue weighted by molar-refractivity contribution is 5.38. The molecule has 0 unspecified atom stereocenters.